The fourth-order valence-corrected chi connectivity index (χ4v) is 1.97. The van der Waals surface area contributed by atoms with Gasteiger partial charge in [0, 0.05) is 13.6 Å². The van der Waals surface area contributed by atoms with E-state index in [4.69, 9.17) is 0 Å². The molecule has 90 valence electrons. The zero-order valence-corrected chi connectivity index (χ0v) is 10.5. The maximum atomic E-state index is 10.4. The molecule has 2 aromatic rings. The molecule has 0 radical (unpaired) electrons. The summed E-state index contributed by atoms with van der Waals surface area (Å²) < 4.78 is 2.08. The number of carbonyl (C=O) groups is 1. The number of nitrogens with zero attached hydrogens (tertiary/aromatic N) is 3. The first-order chi connectivity index (χ1) is 8.11. The Hall–Kier alpha value is -1.68. The van der Waals surface area contributed by atoms with E-state index < -0.39 is 0 Å². The molecule has 0 amide bonds. The Kier molecular flexibility index (Phi) is 3.24. The van der Waals surface area contributed by atoms with Crippen molar-refractivity contribution in [2.75, 3.05) is 13.6 Å². The molecule has 1 heterocycles. The first kappa shape index (κ1) is 11.8. The number of benzene rings is 1. The maximum absolute atomic E-state index is 10.4. The average molecular weight is 231 g/mol. The first-order valence-corrected chi connectivity index (χ1v) is 5.66. The lowest BCUT2D eigenvalue weighted by Crippen LogP contribution is -2.19. The molecule has 0 saturated heterocycles. The van der Waals surface area contributed by atoms with Crippen molar-refractivity contribution in [1.82, 2.24) is 14.5 Å². The SMILES string of the molecule is Cc1nc2cc(CN(C)CC=O)ccc2n1C. The third-order valence-electron chi connectivity index (χ3n) is 3.01. The highest BCUT2D eigenvalue weighted by atomic mass is 16.1. The van der Waals surface area contributed by atoms with E-state index in [2.05, 4.69) is 27.8 Å². The van der Waals surface area contributed by atoms with Crippen LogP contribution >= 0.6 is 0 Å². The highest BCUT2D eigenvalue weighted by Crippen LogP contribution is 2.17. The summed E-state index contributed by atoms with van der Waals surface area (Å²) in [7, 11) is 3.95. The van der Waals surface area contributed by atoms with Gasteiger partial charge in [-0.15, -0.1) is 0 Å². The third-order valence-corrected chi connectivity index (χ3v) is 3.01. The van der Waals surface area contributed by atoms with Crippen molar-refractivity contribution in [3.05, 3.63) is 29.6 Å². The Morgan fingerprint density at radius 3 is 2.94 bits per heavy atom. The molecule has 0 spiro atoms. The molecule has 0 aliphatic rings. The topological polar surface area (TPSA) is 38.1 Å². The molecule has 1 aromatic carbocycles. The summed E-state index contributed by atoms with van der Waals surface area (Å²) in [6.07, 6.45) is 0.920. The number of imidazole rings is 1. The van der Waals surface area contributed by atoms with Gasteiger partial charge in [-0.05, 0) is 31.7 Å². The lowest BCUT2D eigenvalue weighted by molar-refractivity contribution is -0.108. The van der Waals surface area contributed by atoms with Crippen LogP contribution < -0.4 is 0 Å². The lowest BCUT2D eigenvalue weighted by atomic mass is 10.2. The van der Waals surface area contributed by atoms with Crippen molar-refractivity contribution in [2.24, 2.45) is 7.05 Å². The third kappa shape index (κ3) is 2.36. The van der Waals surface area contributed by atoms with Crippen LogP contribution in [0.3, 0.4) is 0 Å². The van der Waals surface area contributed by atoms with E-state index in [0.29, 0.717) is 6.54 Å². The molecular formula is C13H17N3O. The Balaban J connectivity index is 2.28. The Morgan fingerprint density at radius 1 is 1.47 bits per heavy atom. The molecule has 0 N–H and O–H groups in total. The Labute approximate surface area is 101 Å². The standard InChI is InChI=1S/C13H17N3O/c1-10-14-12-8-11(9-15(2)6-7-17)4-5-13(12)16(10)3/h4-5,7-8H,6,9H2,1-3H3. The molecule has 4 nitrogen and oxygen atoms in total. The summed E-state index contributed by atoms with van der Waals surface area (Å²) in [5, 5.41) is 0. The lowest BCUT2D eigenvalue weighted by Gasteiger charge is -2.12. The molecular weight excluding hydrogens is 214 g/mol. The smallest absolute Gasteiger partial charge is 0.133 e. The van der Waals surface area contributed by atoms with E-state index in [-0.39, 0.29) is 0 Å². The van der Waals surface area contributed by atoms with Crippen molar-refractivity contribution in [2.45, 2.75) is 13.5 Å². The summed E-state index contributed by atoms with van der Waals surface area (Å²) in [4.78, 5) is 16.9. The molecule has 0 bridgehead atoms. The second kappa shape index (κ2) is 4.67. The number of fused-ring (bicyclic) bond motifs is 1. The summed E-state index contributed by atoms with van der Waals surface area (Å²) >= 11 is 0. The number of aromatic nitrogens is 2. The van der Waals surface area contributed by atoms with Gasteiger partial charge in [-0.25, -0.2) is 4.98 Å². The normalized spacial score (nSPS) is 11.3. The molecule has 0 aliphatic heterocycles. The van der Waals surface area contributed by atoms with Crippen molar-refractivity contribution >= 4 is 17.3 Å². The zero-order chi connectivity index (χ0) is 12.4. The highest BCUT2D eigenvalue weighted by molar-refractivity contribution is 5.76. The van der Waals surface area contributed by atoms with E-state index in [9.17, 15) is 4.79 Å². The average Bonchev–Trinajstić information content (AvgIpc) is 2.55. The van der Waals surface area contributed by atoms with Gasteiger partial charge in [0.1, 0.15) is 12.1 Å². The van der Waals surface area contributed by atoms with Crippen LogP contribution in [0.4, 0.5) is 0 Å². The monoisotopic (exact) mass is 231 g/mol. The van der Waals surface area contributed by atoms with E-state index in [1.54, 1.807) is 0 Å². The van der Waals surface area contributed by atoms with Crippen molar-refractivity contribution in [3.63, 3.8) is 0 Å². The second-order valence-electron chi connectivity index (χ2n) is 4.40. The fraction of sp³-hybridized carbons (Fsp3) is 0.385. The number of carbonyl (C=O) groups excluding carboxylic acids is 1. The van der Waals surface area contributed by atoms with E-state index in [1.807, 2.05) is 25.9 Å². The number of aldehydes is 1. The van der Waals surface area contributed by atoms with Gasteiger partial charge >= 0.3 is 0 Å². The number of hydrogen-bond acceptors (Lipinski definition) is 3. The molecule has 0 fully saturated rings. The number of rotatable bonds is 4. The first-order valence-electron chi connectivity index (χ1n) is 5.66. The quantitative estimate of drug-likeness (QED) is 0.749. The summed E-state index contributed by atoms with van der Waals surface area (Å²) in [5.74, 6) is 1.01. The molecule has 2 rings (SSSR count). The van der Waals surface area contributed by atoms with Crippen LogP contribution in [0.25, 0.3) is 11.0 Å². The summed E-state index contributed by atoms with van der Waals surface area (Å²) in [6, 6.07) is 6.26. The van der Waals surface area contributed by atoms with Gasteiger partial charge in [0.2, 0.25) is 0 Å². The van der Waals surface area contributed by atoms with Gasteiger partial charge in [-0.2, -0.15) is 0 Å². The van der Waals surface area contributed by atoms with Crippen LogP contribution in [-0.2, 0) is 18.4 Å². The predicted octanol–water partition coefficient (Wildman–Crippen LogP) is 1.51. The van der Waals surface area contributed by atoms with Gasteiger partial charge in [-0.1, -0.05) is 6.07 Å². The molecule has 0 unspecified atom stereocenters. The van der Waals surface area contributed by atoms with Crippen molar-refractivity contribution in [1.29, 1.82) is 0 Å². The molecule has 1 aromatic heterocycles. The van der Waals surface area contributed by atoms with Crippen molar-refractivity contribution in [3.8, 4) is 0 Å². The Morgan fingerprint density at radius 2 is 2.24 bits per heavy atom. The van der Waals surface area contributed by atoms with Gasteiger partial charge in [-0.3, -0.25) is 4.90 Å². The number of aryl methyl sites for hydroxylation is 2. The molecule has 4 heteroatoms. The molecule has 0 atom stereocenters. The molecule has 0 aliphatic carbocycles. The molecule has 0 saturated carbocycles. The summed E-state index contributed by atoms with van der Waals surface area (Å²) in [5.41, 5.74) is 3.34. The second-order valence-corrected chi connectivity index (χ2v) is 4.40. The minimum atomic E-state index is 0.458. The fourth-order valence-electron chi connectivity index (χ4n) is 1.97. The van der Waals surface area contributed by atoms with Crippen LogP contribution in [0.5, 0.6) is 0 Å². The predicted molar refractivity (Wildman–Crippen MR) is 67.8 cm³/mol. The highest BCUT2D eigenvalue weighted by Gasteiger charge is 2.06. The summed E-state index contributed by atoms with van der Waals surface area (Å²) in [6.45, 7) is 3.22. The van der Waals surface area contributed by atoms with E-state index in [0.717, 1.165) is 29.7 Å². The van der Waals surface area contributed by atoms with Crippen LogP contribution in [0.2, 0.25) is 0 Å². The van der Waals surface area contributed by atoms with Crippen LogP contribution in [0, 0.1) is 6.92 Å². The number of likely N-dealkylation sites (N-methyl/N-ethyl adjacent to an activating group) is 1. The van der Waals surface area contributed by atoms with E-state index in [1.165, 1.54) is 5.56 Å². The molecule has 17 heavy (non-hydrogen) atoms. The van der Waals surface area contributed by atoms with Gasteiger partial charge in [0.05, 0.1) is 17.6 Å². The minimum Gasteiger partial charge on any atom is -0.331 e. The van der Waals surface area contributed by atoms with Crippen LogP contribution in [0.1, 0.15) is 11.4 Å². The number of hydrogen-bond donors (Lipinski definition) is 0. The van der Waals surface area contributed by atoms with Crippen LogP contribution in [0.15, 0.2) is 18.2 Å². The minimum absolute atomic E-state index is 0.458. The maximum Gasteiger partial charge on any atom is 0.133 e. The van der Waals surface area contributed by atoms with Gasteiger partial charge < -0.3 is 9.36 Å². The van der Waals surface area contributed by atoms with Gasteiger partial charge in [0.15, 0.2) is 0 Å². The van der Waals surface area contributed by atoms with Crippen LogP contribution in [-0.4, -0.2) is 34.3 Å². The van der Waals surface area contributed by atoms with E-state index >= 15 is 0 Å². The zero-order valence-electron chi connectivity index (χ0n) is 10.5. The largest absolute Gasteiger partial charge is 0.331 e. The Bertz CT molecular complexity index is 545. The van der Waals surface area contributed by atoms with Crippen molar-refractivity contribution < 1.29 is 4.79 Å². The van der Waals surface area contributed by atoms with Gasteiger partial charge in [0.25, 0.3) is 0 Å².